The highest BCUT2D eigenvalue weighted by molar-refractivity contribution is 7.13. The lowest BCUT2D eigenvalue weighted by Crippen LogP contribution is -2.55. The summed E-state index contributed by atoms with van der Waals surface area (Å²) in [5.41, 5.74) is 1.17. The molecule has 0 bridgehead atoms. The van der Waals surface area contributed by atoms with Gasteiger partial charge in [0.25, 0.3) is 11.8 Å². The fourth-order valence-electron chi connectivity index (χ4n) is 10.0. The highest BCUT2D eigenvalue weighted by Gasteiger charge is 2.44. The minimum Gasteiger partial charge on any atom is -0.808 e. The summed E-state index contributed by atoms with van der Waals surface area (Å²) in [6.45, 7) is 11.6. The average Bonchev–Trinajstić information content (AvgIpc) is 4.03. The summed E-state index contributed by atoms with van der Waals surface area (Å²) < 4.78 is 57.9. The Morgan fingerprint density at radius 3 is 2.25 bits per heavy atom. The van der Waals surface area contributed by atoms with Crippen molar-refractivity contribution in [3.63, 3.8) is 0 Å². The van der Waals surface area contributed by atoms with Gasteiger partial charge in [0.1, 0.15) is 17.6 Å². The van der Waals surface area contributed by atoms with Crippen molar-refractivity contribution in [3.8, 4) is 21.6 Å². The third-order valence-electron chi connectivity index (χ3n) is 14.4. The molecule has 0 spiro atoms. The number of alkyl halides is 3. The zero-order valence-electron chi connectivity index (χ0n) is 45.3. The number of aromatic nitrogens is 2. The molecular formula is C57H65F4N10O8S-. The Morgan fingerprint density at radius 2 is 1.61 bits per heavy atom. The first-order valence-corrected chi connectivity index (χ1v) is 27.0. The fraction of sp³-hybridized carbons (Fsp3) is 0.404. The number of likely N-dealkylation sites (tertiary alicyclic amines) is 1. The number of piperazine rings is 1. The number of halogens is 4. The van der Waals surface area contributed by atoms with Crippen LogP contribution in [-0.2, 0) is 20.6 Å². The molecule has 2 saturated heterocycles. The Bertz CT molecular complexity index is 3210. The van der Waals surface area contributed by atoms with Gasteiger partial charge in [0.2, 0.25) is 23.3 Å². The predicted octanol–water partition coefficient (Wildman–Crippen LogP) is 7.60. The van der Waals surface area contributed by atoms with Gasteiger partial charge in [-0.25, -0.2) is 9.37 Å². The molecule has 80 heavy (non-hydrogen) atoms. The number of benzene rings is 3. The van der Waals surface area contributed by atoms with Crippen LogP contribution in [0.4, 0.5) is 28.9 Å². The molecule has 2 aromatic heterocycles. The first-order chi connectivity index (χ1) is 37.8. The van der Waals surface area contributed by atoms with Gasteiger partial charge in [-0.2, -0.15) is 18.9 Å². The summed E-state index contributed by atoms with van der Waals surface area (Å²) in [5, 5.41) is 42.4. The molecule has 3 aromatic carbocycles. The Balaban J connectivity index is 1.03. The van der Waals surface area contributed by atoms with Crippen molar-refractivity contribution >= 4 is 58.0 Å². The van der Waals surface area contributed by atoms with E-state index in [9.17, 15) is 57.6 Å². The van der Waals surface area contributed by atoms with Crippen LogP contribution in [0, 0.1) is 24.6 Å². The summed E-state index contributed by atoms with van der Waals surface area (Å²) in [6, 6.07) is 13.8. The number of nitrogens with zero attached hydrogens (tertiary/aromatic N) is 5. The predicted molar refractivity (Wildman–Crippen MR) is 298 cm³/mol. The zero-order chi connectivity index (χ0) is 58.3. The number of hydrogen-bond donors (Lipinski definition) is 7. The topological polar surface area (TPSA) is 252 Å². The second-order valence-corrected chi connectivity index (χ2v) is 21.6. The molecule has 0 saturated carbocycles. The summed E-state index contributed by atoms with van der Waals surface area (Å²) in [5.74, 6) is -6.17. The summed E-state index contributed by atoms with van der Waals surface area (Å²) in [7, 11) is 1.97. The molecule has 23 heteroatoms. The number of aryl methyl sites for hydroxylation is 1. The zero-order valence-corrected chi connectivity index (χ0v) is 46.1. The Labute approximate surface area is 464 Å². The Morgan fingerprint density at radius 1 is 0.938 bits per heavy atom. The van der Waals surface area contributed by atoms with Crippen LogP contribution in [-0.4, -0.2) is 129 Å². The van der Waals surface area contributed by atoms with E-state index in [1.165, 1.54) is 41.4 Å². The summed E-state index contributed by atoms with van der Waals surface area (Å²) >= 11 is 1.46. The van der Waals surface area contributed by atoms with Gasteiger partial charge in [-0.15, -0.1) is 11.3 Å². The van der Waals surface area contributed by atoms with E-state index in [1.807, 2.05) is 44.9 Å². The van der Waals surface area contributed by atoms with E-state index in [2.05, 4.69) is 36.1 Å². The largest absolute Gasteiger partial charge is 0.808 e. The molecule has 2 aliphatic rings. The van der Waals surface area contributed by atoms with E-state index >= 15 is 4.39 Å². The number of β-amino-alcohol motifs (C(OH)–C–C–N with tert-alkyl or cyclic N) is 1. The highest BCUT2D eigenvalue weighted by atomic mass is 32.1. The molecule has 5 aromatic rings. The number of carbonyl (C=O) groups is 5. The minimum absolute atomic E-state index is 0.0426. The maximum absolute atomic E-state index is 15.7. The lowest BCUT2D eigenvalue weighted by atomic mass is 9.91. The van der Waals surface area contributed by atoms with Crippen molar-refractivity contribution in [2.45, 2.75) is 97.3 Å². The van der Waals surface area contributed by atoms with E-state index < -0.39 is 94.0 Å². The highest BCUT2D eigenvalue weighted by Crippen LogP contribution is 2.37. The van der Waals surface area contributed by atoms with E-state index in [-0.39, 0.29) is 79.1 Å². The molecule has 426 valence electrons. The number of amides is 5. The second-order valence-electron chi connectivity index (χ2n) is 20.7. The lowest BCUT2D eigenvalue weighted by molar-refractivity contribution is -0.143. The normalized spacial score (nSPS) is 18.6. The van der Waals surface area contributed by atoms with Crippen LogP contribution in [0.1, 0.15) is 97.5 Å². The van der Waals surface area contributed by atoms with Gasteiger partial charge in [0.05, 0.1) is 63.1 Å². The lowest BCUT2D eigenvalue weighted by Gasteiger charge is -2.44. The molecular weight excluding hydrogens is 1060 g/mol. The number of allylic oxidation sites excluding steroid dienone is 1. The number of anilines is 2. The molecule has 4 heterocycles. The molecule has 2 aliphatic heterocycles. The maximum atomic E-state index is 15.7. The van der Waals surface area contributed by atoms with Crippen molar-refractivity contribution in [2.75, 3.05) is 50.0 Å². The van der Waals surface area contributed by atoms with E-state index in [0.29, 0.717) is 36.6 Å². The molecule has 5 amide bonds. The number of aromatic amines is 1. The molecule has 2 fully saturated rings. The number of thiazole rings is 1. The molecule has 0 aliphatic carbocycles. The van der Waals surface area contributed by atoms with Crippen LogP contribution < -0.4 is 31.7 Å². The van der Waals surface area contributed by atoms with Gasteiger partial charge in [0.15, 0.2) is 0 Å². The minimum atomic E-state index is -5.03. The quantitative estimate of drug-likeness (QED) is 0.0183. The van der Waals surface area contributed by atoms with E-state index in [0.717, 1.165) is 28.3 Å². The van der Waals surface area contributed by atoms with Gasteiger partial charge in [-0.05, 0) is 93.3 Å². The van der Waals surface area contributed by atoms with E-state index in [1.54, 1.807) is 43.6 Å². The standard InChI is InChI=1S/C57H65F4N10O8S/c1-30(2)51(48(73)19-31(3)62)56(79)71-28-39(72)22-47(71)55(78)67-44(35-9-11-36(12-10-35)52-34(6)66-29-80-52)24-50(75)63-17-8-18-64-53(76)38-13-15-43(58)40(20-38)37-14-16-46(70-26-32(4)69(7)33(5)27-70)45(21-37)68-54(77)41-25-65-49(74)23-42(41)57(59,60)61/h9-16,19-21,23,25,29-30,32-33,39,44,47,51,72-73H,8,17-18,22,24,26-28H2,1-7H3,(H,63,75)(H,64,76)(H,65,74)(H,67,78)(H,68,77)/q-1/b48-19-/t32-,33+,39-,44+,47+,51-/m1/s1. The van der Waals surface area contributed by atoms with Gasteiger partial charge >= 0.3 is 6.18 Å². The number of aliphatic hydroxyl groups is 2. The summed E-state index contributed by atoms with van der Waals surface area (Å²) in [6.07, 6.45) is -4.44. The average molecular weight is 1130 g/mol. The number of nitrogens with one attached hydrogen (secondary N) is 5. The third-order valence-corrected chi connectivity index (χ3v) is 15.4. The van der Waals surface area contributed by atoms with Crippen LogP contribution in [0.5, 0.6) is 0 Å². The van der Waals surface area contributed by atoms with Crippen molar-refractivity contribution in [1.82, 2.24) is 35.7 Å². The molecule has 6 atom stereocenters. The first-order valence-electron chi connectivity index (χ1n) is 26.1. The number of pyridine rings is 1. The third kappa shape index (κ3) is 14.3. The van der Waals surface area contributed by atoms with Crippen molar-refractivity contribution in [1.29, 1.82) is 0 Å². The van der Waals surface area contributed by atoms with Crippen molar-refractivity contribution in [2.24, 2.45) is 11.8 Å². The fourth-order valence-corrected chi connectivity index (χ4v) is 10.8. The second kappa shape index (κ2) is 25.6. The van der Waals surface area contributed by atoms with Crippen LogP contribution in [0.2, 0.25) is 0 Å². The molecule has 18 nitrogen and oxygen atoms in total. The first kappa shape index (κ1) is 59.9. The van der Waals surface area contributed by atoms with Gasteiger partial charge in [-0.1, -0.05) is 51.1 Å². The van der Waals surface area contributed by atoms with Crippen molar-refractivity contribution < 1.29 is 51.7 Å². The monoisotopic (exact) mass is 1130 g/mol. The SMILES string of the molecule is CC(=[N-])/C=C(\O)[C@H](C(=O)N1C[C@H](O)C[C@H]1C(=O)N[C@@H](CC(=O)NCCCNC(=O)c1ccc(F)c(-c2ccc(N3C[C@@H](C)N(C)[C@@H](C)C3)c(NC(=O)c3c[nH]c(=O)cc3C(F)(F)F)c2)c1)c1ccc(-c2scnc2C)cc1)C(C)C. The van der Waals surface area contributed by atoms with Gasteiger partial charge in [-0.3, -0.25) is 33.7 Å². The number of carbonyl (C=O) groups excluding carboxylic acids is 5. The van der Waals surface area contributed by atoms with Crippen molar-refractivity contribution in [3.05, 3.63) is 140 Å². The molecule has 0 radical (unpaired) electrons. The molecule has 0 unspecified atom stereocenters. The summed E-state index contributed by atoms with van der Waals surface area (Å²) in [4.78, 5) is 93.5. The van der Waals surface area contributed by atoms with E-state index in [4.69, 9.17) is 0 Å². The maximum Gasteiger partial charge on any atom is 0.417 e. The molecule has 7 N–H and O–H groups in total. The van der Waals surface area contributed by atoms with Crippen LogP contribution >= 0.6 is 11.3 Å². The van der Waals surface area contributed by atoms with Crippen LogP contribution in [0.25, 0.3) is 27.0 Å². The number of aliphatic hydroxyl groups excluding tert-OH is 2. The van der Waals surface area contributed by atoms with Gasteiger partial charge < -0.3 is 51.7 Å². The Hall–Kier alpha value is -7.76. The number of likely N-dealkylation sites (N-methyl/N-ethyl adjacent to an activating group) is 1. The number of H-pyrrole nitrogens is 1. The van der Waals surface area contributed by atoms with Crippen LogP contribution in [0.15, 0.2) is 95.1 Å². The smallest absolute Gasteiger partial charge is 0.417 e. The van der Waals surface area contributed by atoms with Crippen LogP contribution in [0.3, 0.4) is 0 Å². The number of rotatable bonds is 19. The Kier molecular flexibility index (Phi) is 19.1. The number of hydrogen-bond acceptors (Lipinski definition) is 12. The molecule has 7 rings (SSSR count). The van der Waals surface area contributed by atoms with Gasteiger partial charge in [0, 0.05) is 74.6 Å².